The molecule has 1 amide bonds. The fourth-order valence-corrected chi connectivity index (χ4v) is 3.65. The van der Waals surface area contributed by atoms with Gasteiger partial charge in [-0.2, -0.15) is 5.10 Å². The van der Waals surface area contributed by atoms with Crippen molar-refractivity contribution in [3.8, 4) is 5.69 Å². The summed E-state index contributed by atoms with van der Waals surface area (Å²) in [7, 11) is 1.95. The van der Waals surface area contributed by atoms with E-state index >= 15 is 0 Å². The SMILES string of the molecule is CNCC1CCCN(C(=O)c2c(C)nn(-c3ccc(F)cc3)c2C)C1.Cl. The molecule has 2 heterocycles. The number of aryl methyl sites for hydroxylation is 1. The molecule has 1 unspecified atom stereocenters. The van der Waals surface area contributed by atoms with Crippen molar-refractivity contribution in [3.63, 3.8) is 0 Å². The van der Waals surface area contributed by atoms with Gasteiger partial charge in [0.1, 0.15) is 5.82 Å². The van der Waals surface area contributed by atoms with E-state index in [4.69, 9.17) is 0 Å². The molecular weight excluding hydrogens is 355 g/mol. The quantitative estimate of drug-likeness (QED) is 0.886. The largest absolute Gasteiger partial charge is 0.338 e. The van der Waals surface area contributed by atoms with Gasteiger partial charge in [-0.15, -0.1) is 12.4 Å². The summed E-state index contributed by atoms with van der Waals surface area (Å²) in [5.74, 6) is 0.255. The zero-order valence-electron chi connectivity index (χ0n) is 15.5. The standard InChI is InChI=1S/C19H25FN4O.ClH/c1-13-18(19(25)23-10-4-5-15(12-23)11-21-3)14(2)24(22-13)17-8-6-16(20)7-9-17;/h6-9,15,21H,4-5,10-12H2,1-3H3;1H. The summed E-state index contributed by atoms with van der Waals surface area (Å²) in [6, 6.07) is 6.15. The summed E-state index contributed by atoms with van der Waals surface area (Å²) in [6.07, 6.45) is 2.18. The molecule has 1 saturated heterocycles. The number of benzene rings is 1. The van der Waals surface area contributed by atoms with E-state index in [2.05, 4.69) is 10.4 Å². The molecule has 5 nitrogen and oxygen atoms in total. The maximum Gasteiger partial charge on any atom is 0.257 e. The summed E-state index contributed by atoms with van der Waals surface area (Å²) < 4.78 is 14.9. The van der Waals surface area contributed by atoms with E-state index in [0.29, 0.717) is 17.2 Å². The van der Waals surface area contributed by atoms with Crippen LogP contribution in [0.1, 0.15) is 34.6 Å². The van der Waals surface area contributed by atoms with E-state index < -0.39 is 0 Å². The number of halogens is 2. The molecule has 0 saturated carbocycles. The summed E-state index contributed by atoms with van der Waals surface area (Å²) in [5, 5.41) is 7.72. The first-order valence-electron chi connectivity index (χ1n) is 8.77. The van der Waals surface area contributed by atoms with Crippen LogP contribution in [-0.4, -0.2) is 47.3 Å². The molecule has 1 aromatic carbocycles. The van der Waals surface area contributed by atoms with Crippen LogP contribution in [0.15, 0.2) is 24.3 Å². The molecule has 1 N–H and O–H groups in total. The average molecular weight is 381 g/mol. The molecule has 1 fully saturated rings. The van der Waals surface area contributed by atoms with E-state index in [-0.39, 0.29) is 24.1 Å². The van der Waals surface area contributed by atoms with Crippen LogP contribution < -0.4 is 5.32 Å². The predicted molar refractivity (Wildman–Crippen MR) is 103 cm³/mol. The maximum atomic E-state index is 13.2. The van der Waals surface area contributed by atoms with Crippen LogP contribution in [-0.2, 0) is 0 Å². The van der Waals surface area contributed by atoms with Crippen LogP contribution in [0.4, 0.5) is 4.39 Å². The zero-order chi connectivity index (χ0) is 18.0. The van der Waals surface area contributed by atoms with Crippen LogP contribution >= 0.6 is 12.4 Å². The second-order valence-electron chi connectivity index (χ2n) is 6.75. The number of aromatic nitrogens is 2. The highest BCUT2D eigenvalue weighted by Crippen LogP contribution is 2.23. The summed E-state index contributed by atoms with van der Waals surface area (Å²) in [5.41, 5.74) is 2.93. The van der Waals surface area contributed by atoms with Crippen molar-refractivity contribution in [1.29, 1.82) is 0 Å². The Hall–Kier alpha value is -1.92. The number of nitrogens with one attached hydrogen (secondary N) is 1. The fraction of sp³-hybridized carbons (Fsp3) is 0.474. The van der Waals surface area contributed by atoms with E-state index in [1.54, 1.807) is 16.8 Å². The molecule has 0 aliphatic carbocycles. The van der Waals surface area contributed by atoms with Crippen LogP contribution in [0.25, 0.3) is 5.69 Å². The Kier molecular flexibility index (Phi) is 6.78. The van der Waals surface area contributed by atoms with Crippen LogP contribution in [0, 0.1) is 25.6 Å². The van der Waals surface area contributed by atoms with Crippen molar-refractivity contribution in [1.82, 2.24) is 20.0 Å². The molecule has 0 spiro atoms. The molecule has 0 bridgehead atoms. The van der Waals surface area contributed by atoms with Crippen LogP contribution in [0.3, 0.4) is 0 Å². The molecule has 26 heavy (non-hydrogen) atoms. The molecule has 7 heteroatoms. The summed E-state index contributed by atoms with van der Waals surface area (Å²) >= 11 is 0. The minimum absolute atomic E-state index is 0. The Morgan fingerprint density at radius 2 is 2.00 bits per heavy atom. The molecule has 1 aromatic heterocycles. The number of piperidine rings is 1. The molecule has 0 radical (unpaired) electrons. The second-order valence-corrected chi connectivity index (χ2v) is 6.75. The Morgan fingerprint density at radius 3 is 2.65 bits per heavy atom. The maximum absolute atomic E-state index is 13.2. The average Bonchev–Trinajstić information content (AvgIpc) is 2.90. The van der Waals surface area contributed by atoms with Gasteiger partial charge in [0.2, 0.25) is 0 Å². The van der Waals surface area contributed by atoms with Gasteiger partial charge in [-0.1, -0.05) is 0 Å². The Labute approximate surface area is 160 Å². The lowest BCUT2D eigenvalue weighted by atomic mass is 9.97. The van der Waals surface area contributed by atoms with E-state index in [0.717, 1.165) is 43.9 Å². The molecule has 3 rings (SSSR count). The lowest BCUT2D eigenvalue weighted by molar-refractivity contribution is 0.0672. The van der Waals surface area contributed by atoms with Crippen molar-refractivity contribution in [3.05, 3.63) is 47.0 Å². The smallest absolute Gasteiger partial charge is 0.257 e. The fourth-order valence-electron chi connectivity index (χ4n) is 3.65. The number of hydrogen-bond donors (Lipinski definition) is 1. The zero-order valence-corrected chi connectivity index (χ0v) is 16.3. The Bertz CT molecular complexity index is 758. The van der Waals surface area contributed by atoms with Crippen molar-refractivity contribution in [2.45, 2.75) is 26.7 Å². The van der Waals surface area contributed by atoms with Gasteiger partial charge in [0, 0.05) is 13.1 Å². The van der Waals surface area contributed by atoms with E-state index in [1.807, 2.05) is 25.8 Å². The van der Waals surface area contributed by atoms with Crippen molar-refractivity contribution >= 4 is 18.3 Å². The number of hydrogen-bond acceptors (Lipinski definition) is 3. The topological polar surface area (TPSA) is 50.2 Å². The normalized spacial score (nSPS) is 17.1. The first-order valence-corrected chi connectivity index (χ1v) is 8.77. The third-order valence-electron chi connectivity index (χ3n) is 4.88. The van der Waals surface area contributed by atoms with Gasteiger partial charge in [0.25, 0.3) is 5.91 Å². The van der Waals surface area contributed by atoms with Gasteiger partial charge in [-0.05, 0) is 70.5 Å². The Balaban J connectivity index is 0.00000243. The molecule has 1 aliphatic rings. The highest BCUT2D eigenvalue weighted by atomic mass is 35.5. The van der Waals surface area contributed by atoms with Crippen LogP contribution in [0.2, 0.25) is 0 Å². The lowest BCUT2D eigenvalue weighted by Crippen LogP contribution is -2.42. The van der Waals surface area contributed by atoms with Gasteiger partial charge >= 0.3 is 0 Å². The summed E-state index contributed by atoms with van der Waals surface area (Å²) in [6.45, 7) is 6.25. The lowest BCUT2D eigenvalue weighted by Gasteiger charge is -2.32. The van der Waals surface area contributed by atoms with Crippen molar-refractivity contribution in [2.75, 3.05) is 26.7 Å². The first kappa shape index (κ1) is 20.4. The van der Waals surface area contributed by atoms with E-state index in [9.17, 15) is 9.18 Å². The van der Waals surface area contributed by atoms with Gasteiger partial charge in [-0.3, -0.25) is 4.79 Å². The summed E-state index contributed by atoms with van der Waals surface area (Å²) in [4.78, 5) is 15.0. The third-order valence-corrected chi connectivity index (χ3v) is 4.88. The minimum Gasteiger partial charge on any atom is -0.338 e. The second kappa shape index (κ2) is 8.64. The van der Waals surface area contributed by atoms with Crippen molar-refractivity contribution in [2.24, 2.45) is 5.92 Å². The number of amides is 1. The highest BCUT2D eigenvalue weighted by molar-refractivity contribution is 5.96. The first-order chi connectivity index (χ1) is 12.0. The molecule has 1 atom stereocenters. The number of nitrogens with zero attached hydrogens (tertiary/aromatic N) is 3. The molecule has 1 aliphatic heterocycles. The number of likely N-dealkylation sites (tertiary alicyclic amines) is 1. The molecular formula is C19H26ClFN4O. The van der Waals surface area contributed by atoms with Gasteiger partial charge in [-0.25, -0.2) is 9.07 Å². The molecule has 142 valence electrons. The van der Waals surface area contributed by atoms with Crippen LogP contribution in [0.5, 0.6) is 0 Å². The van der Waals surface area contributed by atoms with Crippen molar-refractivity contribution < 1.29 is 9.18 Å². The molecule has 2 aromatic rings. The number of rotatable bonds is 4. The monoisotopic (exact) mass is 380 g/mol. The highest BCUT2D eigenvalue weighted by Gasteiger charge is 2.28. The van der Waals surface area contributed by atoms with Gasteiger partial charge in [0.15, 0.2) is 0 Å². The minimum atomic E-state index is -0.287. The predicted octanol–water partition coefficient (Wildman–Crippen LogP) is 3.12. The number of carbonyl (C=O) groups excluding carboxylic acids is 1. The number of carbonyl (C=O) groups is 1. The van der Waals surface area contributed by atoms with Gasteiger partial charge < -0.3 is 10.2 Å². The van der Waals surface area contributed by atoms with E-state index in [1.165, 1.54) is 12.1 Å². The third kappa shape index (κ3) is 4.07. The van der Waals surface area contributed by atoms with Gasteiger partial charge in [0.05, 0.1) is 22.6 Å². The Morgan fingerprint density at radius 1 is 1.31 bits per heavy atom.